The maximum atomic E-state index is 12.7. The highest BCUT2D eigenvalue weighted by Crippen LogP contribution is 2.33. The van der Waals surface area contributed by atoms with Crippen LogP contribution in [0.2, 0.25) is 5.02 Å². The molecule has 0 N–H and O–H groups in total. The van der Waals surface area contributed by atoms with E-state index >= 15 is 0 Å². The molecule has 0 aromatic carbocycles. The van der Waals surface area contributed by atoms with E-state index in [1.54, 1.807) is 22.1 Å². The first-order chi connectivity index (χ1) is 12.8. The minimum absolute atomic E-state index is 0.0256. The molecule has 0 bridgehead atoms. The number of hydrogen-bond donors (Lipinski definition) is 0. The van der Waals surface area contributed by atoms with E-state index in [0.29, 0.717) is 43.5 Å². The zero-order chi connectivity index (χ0) is 19.4. The maximum absolute atomic E-state index is 12.7. The van der Waals surface area contributed by atoms with Gasteiger partial charge in [-0.05, 0) is 18.2 Å². The molecule has 0 radical (unpaired) electrons. The standard InChI is InChI=1S/C17H17ClF3N3O2S/c18-14-8-12(17(19,20)21)9-22-16(14)24-5-3-23(4-6-24)15(25)11-27-10-13-2-1-7-26-13/h1-2,7-9H,3-6,10-11H2. The van der Waals surface area contributed by atoms with Gasteiger partial charge in [-0.3, -0.25) is 4.79 Å². The number of halogens is 4. The number of anilines is 1. The van der Waals surface area contributed by atoms with Gasteiger partial charge in [0.25, 0.3) is 0 Å². The van der Waals surface area contributed by atoms with Crippen molar-refractivity contribution in [2.45, 2.75) is 11.9 Å². The molecule has 27 heavy (non-hydrogen) atoms. The molecule has 3 heterocycles. The molecule has 1 aliphatic heterocycles. The van der Waals surface area contributed by atoms with Gasteiger partial charge in [0.1, 0.15) is 11.6 Å². The summed E-state index contributed by atoms with van der Waals surface area (Å²) in [5.41, 5.74) is -0.876. The number of hydrogen-bond acceptors (Lipinski definition) is 5. The second-order valence-electron chi connectivity index (χ2n) is 5.97. The fourth-order valence-corrected chi connectivity index (χ4v) is 3.82. The molecule has 1 saturated heterocycles. The highest BCUT2D eigenvalue weighted by atomic mass is 35.5. The molecule has 0 unspecified atom stereocenters. The lowest BCUT2D eigenvalue weighted by Crippen LogP contribution is -2.49. The molecular formula is C17H17ClF3N3O2S. The van der Waals surface area contributed by atoms with Crippen molar-refractivity contribution in [3.63, 3.8) is 0 Å². The average molecular weight is 420 g/mol. The van der Waals surface area contributed by atoms with Crippen LogP contribution in [0.1, 0.15) is 11.3 Å². The van der Waals surface area contributed by atoms with E-state index in [1.807, 2.05) is 6.07 Å². The summed E-state index contributed by atoms with van der Waals surface area (Å²) in [5.74, 6) is 2.13. The third kappa shape index (κ3) is 5.10. The fraction of sp³-hybridized carbons (Fsp3) is 0.412. The molecule has 0 aliphatic carbocycles. The van der Waals surface area contributed by atoms with Crippen LogP contribution in [0.3, 0.4) is 0 Å². The number of piperazine rings is 1. The second-order valence-corrected chi connectivity index (χ2v) is 7.36. The minimum atomic E-state index is -4.48. The number of rotatable bonds is 5. The summed E-state index contributed by atoms with van der Waals surface area (Å²) >= 11 is 7.47. The Bertz CT molecular complexity index is 778. The van der Waals surface area contributed by atoms with Crippen LogP contribution in [0, 0.1) is 0 Å². The Kier molecular flexibility index (Phi) is 6.21. The Morgan fingerprint density at radius 1 is 1.30 bits per heavy atom. The third-order valence-electron chi connectivity index (χ3n) is 4.13. The predicted octanol–water partition coefficient (Wildman–Crippen LogP) is 3.93. The molecule has 5 nitrogen and oxygen atoms in total. The maximum Gasteiger partial charge on any atom is 0.417 e. The first-order valence-electron chi connectivity index (χ1n) is 8.20. The van der Waals surface area contributed by atoms with Crippen LogP contribution >= 0.6 is 23.4 Å². The number of aromatic nitrogens is 1. The quantitative estimate of drug-likeness (QED) is 0.735. The van der Waals surface area contributed by atoms with E-state index in [4.69, 9.17) is 16.0 Å². The Balaban J connectivity index is 1.50. The molecule has 2 aromatic rings. The van der Waals surface area contributed by atoms with Crippen molar-refractivity contribution in [3.05, 3.63) is 47.0 Å². The molecule has 0 atom stereocenters. The molecule has 146 valence electrons. The van der Waals surface area contributed by atoms with Crippen LogP contribution in [0.4, 0.5) is 19.0 Å². The molecule has 0 spiro atoms. The fourth-order valence-electron chi connectivity index (χ4n) is 2.71. The first kappa shape index (κ1) is 19.9. The summed E-state index contributed by atoms with van der Waals surface area (Å²) < 4.78 is 43.4. The van der Waals surface area contributed by atoms with Crippen LogP contribution in [0.5, 0.6) is 0 Å². The molecule has 2 aromatic heterocycles. The lowest BCUT2D eigenvalue weighted by Gasteiger charge is -2.35. The van der Waals surface area contributed by atoms with Crippen molar-refractivity contribution in [2.24, 2.45) is 0 Å². The van der Waals surface area contributed by atoms with E-state index in [1.165, 1.54) is 11.8 Å². The normalized spacial score (nSPS) is 15.3. The number of pyridine rings is 1. The molecule has 0 saturated carbocycles. The third-order valence-corrected chi connectivity index (χ3v) is 5.35. The van der Waals surface area contributed by atoms with Gasteiger partial charge in [0, 0.05) is 32.4 Å². The first-order valence-corrected chi connectivity index (χ1v) is 9.73. The van der Waals surface area contributed by atoms with Gasteiger partial charge < -0.3 is 14.2 Å². The Labute approximate surface area is 163 Å². The predicted molar refractivity (Wildman–Crippen MR) is 97.9 cm³/mol. The van der Waals surface area contributed by atoms with Gasteiger partial charge in [-0.15, -0.1) is 11.8 Å². The summed E-state index contributed by atoms with van der Waals surface area (Å²) in [6.07, 6.45) is -2.10. The SMILES string of the molecule is O=C(CSCc1ccco1)N1CCN(c2ncc(C(F)(F)F)cc2Cl)CC1. The molecule has 3 rings (SSSR count). The van der Waals surface area contributed by atoms with Crippen LogP contribution in [-0.2, 0) is 16.7 Å². The average Bonchev–Trinajstić information content (AvgIpc) is 3.14. The monoisotopic (exact) mass is 419 g/mol. The van der Waals surface area contributed by atoms with Gasteiger partial charge in [0.15, 0.2) is 0 Å². The van der Waals surface area contributed by atoms with Crippen molar-refractivity contribution in [3.8, 4) is 0 Å². The number of thioether (sulfide) groups is 1. The number of nitrogens with zero attached hydrogens (tertiary/aromatic N) is 3. The number of carbonyl (C=O) groups is 1. The number of furan rings is 1. The summed E-state index contributed by atoms with van der Waals surface area (Å²) in [7, 11) is 0. The van der Waals surface area contributed by atoms with Crippen molar-refractivity contribution < 1.29 is 22.4 Å². The summed E-state index contributed by atoms with van der Waals surface area (Å²) in [6, 6.07) is 4.54. The molecular weight excluding hydrogens is 403 g/mol. The van der Waals surface area contributed by atoms with Gasteiger partial charge in [0.2, 0.25) is 5.91 Å². The highest BCUT2D eigenvalue weighted by molar-refractivity contribution is 7.99. The summed E-state index contributed by atoms with van der Waals surface area (Å²) in [6.45, 7) is 1.87. The highest BCUT2D eigenvalue weighted by Gasteiger charge is 2.32. The van der Waals surface area contributed by atoms with Crippen molar-refractivity contribution in [1.29, 1.82) is 0 Å². The van der Waals surface area contributed by atoms with Crippen LogP contribution in [0.25, 0.3) is 0 Å². The Hall–Kier alpha value is -1.87. The molecule has 1 aliphatic rings. The Morgan fingerprint density at radius 3 is 2.63 bits per heavy atom. The van der Waals surface area contributed by atoms with Gasteiger partial charge in [0.05, 0.1) is 28.4 Å². The van der Waals surface area contributed by atoms with Gasteiger partial charge in [-0.25, -0.2) is 4.98 Å². The summed E-state index contributed by atoms with van der Waals surface area (Å²) in [4.78, 5) is 19.7. The zero-order valence-electron chi connectivity index (χ0n) is 14.2. The smallest absolute Gasteiger partial charge is 0.417 e. The number of carbonyl (C=O) groups excluding carboxylic acids is 1. The number of alkyl halides is 3. The van der Waals surface area contributed by atoms with E-state index in [-0.39, 0.29) is 10.9 Å². The summed E-state index contributed by atoms with van der Waals surface area (Å²) in [5, 5.41) is -0.0430. The molecule has 1 fully saturated rings. The zero-order valence-corrected chi connectivity index (χ0v) is 15.8. The second kappa shape index (κ2) is 8.43. The molecule has 10 heteroatoms. The van der Waals surface area contributed by atoms with Crippen molar-refractivity contribution in [1.82, 2.24) is 9.88 Å². The number of amides is 1. The lowest BCUT2D eigenvalue weighted by molar-refractivity contribution is -0.137. The van der Waals surface area contributed by atoms with Gasteiger partial charge in [-0.2, -0.15) is 13.2 Å². The minimum Gasteiger partial charge on any atom is -0.468 e. The van der Waals surface area contributed by atoms with Crippen LogP contribution in [0.15, 0.2) is 35.1 Å². The topological polar surface area (TPSA) is 49.6 Å². The van der Waals surface area contributed by atoms with E-state index in [2.05, 4.69) is 4.98 Å². The van der Waals surface area contributed by atoms with Crippen LogP contribution in [-0.4, -0.2) is 47.7 Å². The van der Waals surface area contributed by atoms with Crippen LogP contribution < -0.4 is 4.90 Å². The lowest BCUT2D eigenvalue weighted by atomic mass is 10.2. The molecule has 1 amide bonds. The van der Waals surface area contributed by atoms with E-state index in [0.717, 1.165) is 18.0 Å². The van der Waals surface area contributed by atoms with Gasteiger partial charge >= 0.3 is 6.18 Å². The van der Waals surface area contributed by atoms with Gasteiger partial charge in [-0.1, -0.05) is 11.6 Å². The van der Waals surface area contributed by atoms with Crippen molar-refractivity contribution >= 4 is 35.1 Å². The Morgan fingerprint density at radius 2 is 2.04 bits per heavy atom. The van der Waals surface area contributed by atoms with E-state index < -0.39 is 11.7 Å². The largest absolute Gasteiger partial charge is 0.468 e. The van der Waals surface area contributed by atoms with E-state index in [9.17, 15) is 18.0 Å². The van der Waals surface area contributed by atoms with Crippen molar-refractivity contribution in [2.75, 3.05) is 36.8 Å².